The number of carbonyl (C=O) groups excluding carboxylic acids is 2. The van der Waals surface area contributed by atoms with Crippen LogP contribution in [-0.2, 0) is 9.59 Å². The number of amides is 2. The van der Waals surface area contributed by atoms with Gasteiger partial charge in [-0.3, -0.25) is 9.59 Å². The van der Waals surface area contributed by atoms with Crippen molar-refractivity contribution in [2.75, 3.05) is 21.7 Å². The Morgan fingerprint density at radius 2 is 1.75 bits per heavy atom. The summed E-state index contributed by atoms with van der Waals surface area (Å²) in [5.74, 6) is -0.00329. The van der Waals surface area contributed by atoms with Crippen molar-refractivity contribution in [3.8, 4) is 0 Å². The summed E-state index contributed by atoms with van der Waals surface area (Å²) >= 11 is 2.77. The first-order chi connectivity index (χ1) is 11.4. The molecule has 0 atom stereocenters. The molecule has 0 unspecified atom stereocenters. The lowest BCUT2D eigenvalue weighted by molar-refractivity contribution is -0.114. The number of aromatic nitrogens is 2. The summed E-state index contributed by atoms with van der Waals surface area (Å²) in [6.45, 7) is 5.50. The molecule has 0 fully saturated rings. The normalized spacial score (nSPS) is 10.5. The van der Waals surface area contributed by atoms with E-state index in [-0.39, 0.29) is 17.6 Å². The Morgan fingerprint density at radius 1 is 1.12 bits per heavy atom. The highest BCUT2D eigenvalue weighted by atomic mass is 32.2. The molecule has 7 nitrogen and oxygen atoms in total. The lowest BCUT2D eigenvalue weighted by Gasteiger charge is -2.06. The number of benzene rings is 1. The molecule has 1 heterocycles. The first kappa shape index (κ1) is 18.2. The predicted molar refractivity (Wildman–Crippen MR) is 98.8 cm³/mol. The molecule has 0 saturated heterocycles. The smallest absolute Gasteiger partial charge is 0.234 e. The lowest BCUT2D eigenvalue weighted by atomic mass is 10.3. The Balaban J connectivity index is 1.80. The third-order valence-electron chi connectivity index (χ3n) is 2.63. The van der Waals surface area contributed by atoms with E-state index < -0.39 is 0 Å². The Morgan fingerprint density at radius 3 is 2.33 bits per heavy atom. The Labute approximate surface area is 148 Å². The molecule has 0 bridgehead atoms. The molecule has 2 aromatic rings. The minimum absolute atomic E-state index is 0.124. The van der Waals surface area contributed by atoms with Crippen LogP contribution in [0.25, 0.3) is 0 Å². The van der Waals surface area contributed by atoms with Crippen molar-refractivity contribution in [1.29, 1.82) is 0 Å². The zero-order valence-electron chi connectivity index (χ0n) is 13.6. The Hall–Kier alpha value is -2.13. The van der Waals surface area contributed by atoms with Crippen LogP contribution in [-0.4, -0.2) is 33.8 Å². The van der Waals surface area contributed by atoms with E-state index in [9.17, 15) is 9.59 Å². The summed E-state index contributed by atoms with van der Waals surface area (Å²) in [7, 11) is 0. The molecule has 1 aromatic carbocycles. The highest BCUT2D eigenvalue weighted by Gasteiger charge is 2.09. The van der Waals surface area contributed by atoms with Gasteiger partial charge in [0.05, 0.1) is 5.75 Å². The Kier molecular flexibility index (Phi) is 6.56. The summed E-state index contributed by atoms with van der Waals surface area (Å²) in [6.07, 6.45) is 0. The van der Waals surface area contributed by atoms with Gasteiger partial charge in [0.25, 0.3) is 0 Å². The fourth-order valence-corrected chi connectivity index (χ4v) is 3.44. The summed E-state index contributed by atoms with van der Waals surface area (Å²) < 4.78 is 0.745. The number of anilines is 3. The molecule has 0 aliphatic rings. The van der Waals surface area contributed by atoms with E-state index in [1.54, 1.807) is 24.3 Å². The second kappa shape index (κ2) is 8.65. The summed E-state index contributed by atoms with van der Waals surface area (Å²) in [4.78, 5) is 22.9. The van der Waals surface area contributed by atoms with Crippen LogP contribution >= 0.6 is 23.1 Å². The molecule has 0 saturated carbocycles. The van der Waals surface area contributed by atoms with Crippen LogP contribution in [0.1, 0.15) is 20.8 Å². The molecule has 2 amide bonds. The first-order valence-electron chi connectivity index (χ1n) is 7.32. The molecule has 9 heteroatoms. The van der Waals surface area contributed by atoms with E-state index in [1.807, 2.05) is 13.8 Å². The van der Waals surface area contributed by atoms with Gasteiger partial charge in [-0.1, -0.05) is 23.1 Å². The van der Waals surface area contributed by atoms with Gasteiger partial charge in [-0.25, -0.2) is 0 Å². The molecular weight excluding hydrogens is 346 g/mol. The second-order valence-corrected chi connectivity index (χ2v) is 7.47. The maximum Gasteiger partial charge on any atom is 0.234 e. The van der Waals surface area contributed by atoms with Gasteiger partial charge in [-0.2, -0.15) is 0 Å². The summed E-state index contributed by atoms with van der Waals surface area (Å²) in [6, 6.07) is 7.24. The van der Waals surface area contributed by atoms with Gasteiger partial charge in [0, 0.05) is 24.3 Å². The number of nitrogens with one attached hydrogen (secondary N) is 3. The zero-order valence-corrected chi connectivity index (χ0v) is 15.3. The fourth-order valence-electron chi connectivity index (χ4n) is 1.74. The molecule has 0 aliphatic heterocycles. The fraction of sp³-hybridized carbons (Fsp3) is 0.333. The van der Waals surface area contributed by atoms with Crippen molar-refractivity contribution in [1.82, 2.24) is 10.2 Å². The van der Waals surface area contributed by atoms with Crippen LogP contribution in [0.3, 0.4) is 0 Å². The van der Waals surface area contributed by atoms with E-state index in [1.165, 1.54) is 30.0 Å². The van der Waals surface area contributed by atoms with Crippen LogP contribution in [0.15, 0.2) is 28.6 Å². The van der Waals surface area contributed by atoms with Crippen molar-refractivity contribution in [2.45, 2.75) is 31.2 Å². The van der Waals surface area contributed by atoms with E-state index in [0.717, 1.165) is 9.47 Å². The molecule has 0 radical (unpaired) electrons. The number of carbonyl (C=O) groups is 2. The number of hydrogen-bond donors (Lipinski definition) is 3. The molecule has 0 aliphatic carbocycles. The number of rotatable bonds is 7. The molecular formula is C15H19N5O2S2. The van der Waals surface area contributed by atoms with Crippen molar-refractivity contribution < 1.29 is 9.59 Å². The summed E-state index contributed by atoms with van der Waals surface area (Å²) in [5, 5.41) is 17.5. The molecule has 128 valence electrons. The monoisotopic (exact) mass is 365 g/mol. The van der Waals surface area contributed by atoms with E-state index in [2.05, 4.69) is 26.1 Å². The molecule has 24 heavy (non-hydrogen) atoms. The van der Waals surface area contributed by atoms with Crippen LogP contribution in [0.4, 0.5) is 16.5 Å². The average molecular weight is 365 g/mol. The quantitative estimate of drug-likeness (QED) is 0.653. The van der Waals surface area contributed by atoms with Crippen molar-refractivity contribution in [3.63, 3.8) is 0 Å². The van der Waals surface area contributed by atoms with Gasteiger partial charge in [-0.05, 0) is 38.1 Å². The Bertz CT molecular complexity index is 700. The third kappa shape index (κ3) is 6.17. The van der Waals surface area contributed by atoms with Crippen molar-refractivity contribution in [3.05, 3.63) is 24.3 Å². The average Bonchev–Trinajstić information content (AvgIpc) is 2.93. The standard InChI is InChI=1S/C15H19N5O2S2/c1-9(2)16-14-19-20-15(24-14)23-8-13(22)18-12-6-4-11(5-7-12)17-10(3)21/h4-7,9H,8H2,1-3H3,(H,16,19)(H,17,21)(H,18,22). The minimum atomic E-state index is -0.133. The van der Waals surface area contributed by atoms with Crippen LogP contribution in [0, 0.1) is 0 Å². The van der Waals surface area contributed by atoms with Gasteiger partial charge >= 0.3 is 0 Å². The molecule has 3 N–H and O–H groups in total. The molecule has 0 spiro atoms. The maximum atomic E-state index is 12.0. The van der Waals surface area contributed by atoms with Crippen molar-refractivity contribution >= 4 is 51.4 Å². The van der Waals surface area contributed by atoms with Crippen LogP contribution in [0.2, 0.25) is 0 Å². The highest BCUT2D eigenvalue weighted by molar-refractivity contribution is 8.01. The maximum absolute atomic E-state index is 12.0. The lowest BCUT2D eigenvalue weighted by Crippen LogP contribution is -2.14. The largest absolute Gasteiger partial charge is 0.358 e. The van der Waals surface area contributed by atoms with E-state index >= 15 is 0 Å². The van der Waals surface area contributed by atoms with E-state index in [4.69, 9.17) is 0 Å². The SMILES string of the molecule is CC(=O)Nc1ccc(NC(=O)CSc2nnc(NC(C)C)s2)cc1. The number of hydrogen-bond acceptors (Lipinski definition) is 7. The first-order valence-corrected chi connectivity index (χ1v) is 9.13. The van der Waals surface area contributed by atoms with Gasteiger partial charge < -0.3 is 16.0 Å². The topological polar surface area (TPSA) is 96.0 Å². The molecule has 2 rings (SSSR count). The zero-order chi connectivity index (χ0) is 17.5. The van der Waals surface area contributed by atoms with Gasteiger partial charge in [0.15, 0.2) is 4.34 Å². The van der Waals surface area contributed by atoms with E-state index in [0.29, 0.717) is 17.4 Å². The van der Waals surface area contributed by atoms with Crippen LogP contribution < -0.4 is 16.0 Å². The minimum Gasteiger partial charge on any atom is -0.358 e. The van der Waals surface area contributed by atoms with Crippen molar-refractivity contribution in [2.24, 2.45) is 0 Å². The van der Waals surface area contributed by atoms with Gasteiger partial charge in [0.2, 0.25) is 16.9 Å². The summed E-state index contributed by atoms with van der Waals surface area (Å²) in [5.41, 5.74) is 1.36. The van der Waals surface area contributed by atoms with Crippen LogP contribution in [0.5, 0.6) is 0 Å². The predicted octanol–water partition coefficient (Wildman–Crippen LogP) is 3.05. The van der Waals surface area contributed by atoms with Gasteiger partial charge in [-0.15, -0.1) is 10.2 Å². The van der Waals surface area contributed by atoms with Gasteiger partial charge in [0.1, 0.15) is 0 Å². The second-order valence-electron chi connectivity index (χ2n) is 5.27. The third-order valence-corrected chi connectivity index (χ3v) is 4.62. The number of thioether (sulfide) groups is 1. The molecule has 1 aromatic heterocycles. The number of nitrogens with zero attached hydrogens (tertiary/aromatic N) is 2. The highest BCUT2D eigenvalue weighted by Crippen LogP contribution is 2.26.